The van der Waals surface area contributed by atoms with Crippen LogP contribution in [0.1, 0.15) is 25.0 Å². The lowest BCUT2D eigenvalue weighted by Gasteiger charge is -2.23. The molecule has 1 heterocycles. The number of nitrogens with one attached hydrogen (secondary N) is 1. The highest BCUT2D eigenvalue weighted by molar-refractivity contribution is 7.92. The number of nitrogens with zero attached hydrogens (tertiary/aromatic N) is 1. The van der Waals surface area contributed by atoms with Crippen LogP contribution in [0.5, 0.6) is 0 Å². The van der Waals surface area contributed by atoms with Crippen molar-refractivity contribution in [2.24, 2.45) is 0 Å². The predicted molar refractivity (Wildman–Crippen MR) is 124 cm³/mol. The monoisotopic (exact) mass is 454 g/mol. The van der Waals surface area contributed by atoms with Gasteiger partial charge in [0.15, 0.2) is 12.4 Å². The van der Waals surface area contributed by atoms with E-state index in [4.69, 9.17) is 4.74 Å². The fourth-order valence-electron chi connectivity index (χ4n) is 3.60. The minimum absolute atomic E-state index is 0.369. The van der Waals surface area contributed by atoms with Gasteiger partial charge in [-0.2, -0.15) is 0 Å². The Morgan fingerprint density at radius 2 is 1.72 bits per heavy atom. The number of ketones is 1. The van der Waals surface area contributed by atoms with Crippen LogP contribution < -0.4 is 9.62 Å². The largest absolute Gasteiger partial charge is 0.456 e. The van der Waals surface area contributed by atoms with Gasteiger partial charge in [-0.25, -0.2) is 13.1 Å². The number of esters is 1. The molecule has 0 bridgehead atoms. The Kier molecular flexibility index (Phi) is 6.96. The normalized spacial score (nSPS) is 16.3. The van der Waals surface area contributed by atoms with Gasteiger partial charge in [-0.15, -0.1) is 0 Å². The zero-order valence-corrected chi connectivity index (χ0v) is 19.1. The number of benzene rings is 2. The molecular formula is C24H26N2O5S. The van der Waals surface area contributed by atoms with Crippen molar-refractivity contribution >= 4 is 33.5 Å². The van der Waals surface area contributed by atoms with Gasteiger partial charge < -0.3 is 9.64 Å². The second-order valence-electron chi connectivity index (χ2n) is 7.94. The highest BCUT2D eigenvalue weighted by atomic mass is 32.2. The fraction of sp³-hybridized carbons (Fsp3) is 0.250. The van der Waals surface area contributed by atoms with Crippen molar-refractivity contribution in [3.8, 4) is 0 Å². The van der Waals surface area contributed by atoms with Crippen molar-refractivity contribution in [2.75, 3.05) is 25.1 Å². The smallest absolute Gasteiger partial charge is 0.321 e. The van der Waals surface area contributed by atoms with E-state index in [2.05, 4.69) is 4.72 Å². The summed E-state index contributed by atoms with van der Waals surface area (Å²) in [4.78, 5) is 26.3. The maximum absolute atomic E-state index is 12.4. The summed E-state index contributed by atoms with van der Waals surface area (Å²) in [5.74, 6) is -1.22. The number of carbonyl (C=O) groups excluding carboxylic acids is 2. The molecule has 0 aromatic heterocycles. The SMILES string of the molecule is CN1/C(=C/C(=O)COC(=O)CNS(=O)(=O)/C=C/c2ccccc2)C(C)(C)c2ccccc21. The first-order chi connectivity index (χ1) is 15.1. The molecule has 3 rings (SSSR count). The van der Waals surface area contributed by atoms with E-state index in [1.54, 1.807) is 24.3 Å². The Balaban J connectivity index is 1.53. The number of hydrogen-bond acceptors (Lipinski definition) is 6. The predicted octanol–water partition coefficient (Wildman–Crippen LogP) is 3.00. The summed E-state index contributed by atoms with van der Waals surface area (Å²) in [7, 11) is -1.93. The van der Waals surface area contributed by atoms with Crippen molar-refractivity contribution in [3.63, 3.8) is 0 Å². The summed E-state index contributed by atoms with van der Waals surface area (Å²) >= 11 is 0. The molecule has 0 radical (unpaired) electrons. The van der Waals surface area contributed by atoms with Crippen LogP contribution in [0, 0.1) is 0 Å². The van der Waals surface area contributed by atoms with Crippen LogP contribution in [0.25, 0.3) is 6.08 Å². The number of rotatable bonds is 8. The summed E-state index contributed by atoms with van der Waals surface area (Å²) in [5.41, 5.74) is 3.27. The van der Waals surface area contributed by atoms with E-state index in [1.807, 2.05) is 56.1 Å². The highest BCUT2D eigenvalue weighted by Crippen LogP contribution is 2.46. The number of hydrogen-bond donors (Lipinski definition) is 1. The van der Waals surface area contributed by atoms with Gasteiger partial charge in [-0.1, -0.05) is 62.4 Å². The molecule has 0 aliphatic carbocycles. The third kappa shape index (κ3) is 5.52. The van der Waals surface area contributed by atoms with Crippen molar-refractivity contribution in [3.05, 3.63) is 82.9 Å². The number of para-hydroxylation sites is 1. The molecule has 0 unspecified atom stereocenters. The summed E-state index contributed by atoms with van der Waals surface area (Å²) in [6.45, 7) is 3.02. The molecular weight excluding hydrogens is 428 g/mol. The van der Waals surface area contributed by atoms with Crippen molar-refractivity contribution in [2.45, 2.75) is 19.3 Å². The second kappa shape index (κ2) is 9.50. The molecule has 0 saturated heterocycles. The van der Waals surface area contributed by atoms with Gasteiger partial charge in [0.05, 0.1) is 0 Å². The molecule has 0 atom stereocenters. The van der Waals surface area contributed by atoms with Crippen LogP contribution in [0.3, 0.4) is 0 Å². The average Bonchev–Trinajstić information content (AvgIpc) is 2.97. The molecule has 0 saturated carbocycles. The molecule has 168 valence electrons. The van der Waals surface area contributed by atoms with Gasteiger partial charge in [-0.05, 0) is 23.3 Å². The van der Waals surface area contributed by atoms with E-state index in [0.717, 1.165) is 22.4 Å². The highest BCUT2D eigenvalue weighted by Gasteiger charge is 2.38. The van der Waals surface area contributed by atoms with Gasteiger partial charge in [-0.3, -0.25) is 9.59 Å². The molecule has 1 aliphatic heterocycles. The first-order valence-electron chi connectivity index (χ1n) is 10.1. The Bertz CT molecular complexity index is 1170. The van der Waals surface area contributed by atoms with Crippen molar-refractivity contribution in [1.82, 2.24) is 4.72 Å². The lowest BCUT2D eigenvalue weighted by molar-refractivity contribution is -0.145. The first kappa shape index (κ1) is 23.4. The van der Waals surface area contributed by atoms with Crippen LogP contribution in [-0.2, 0) is 29.8 Å². The summed E-state index contributed by atoms with van der Waals surface area (Å²) < 4.78 is 31.1. The number of fused-ring (bicyclic) bond motifs is 1. The van der Waals surface area contributed by atoms with Gasteiger partial charge >= 0.3 is 5.97 Å². The van der Waals surface area contributed by atoms with Crippen LogP contribution in [0.2, 0.25) is 0 Å². The third-order valence-electron chi connectivity index (χ3n) is 5.27. The van der Waals surface area contributed by atoms with Crippen LogP contribution in [0.15, 0.2) is 71.8 Å². The standard InChI is InChI=1S/C24H26N2O5S/c1-24(2)20-11-7-8-12-21(20)26(3)22(24)15-19(27)17-31-23(28)16-25-32(29,30)14-13-18-9-5-4-6-10-18/h4-15,25H,16-17H2,1-3H3/b14-13+,22-15+. The zero-order valence-electron chi connectivity index (χ0n) is 18.2. The Labute approximate surface area is 188 Å². The molecule has 1 N–H and O–H groups in total. The van der Waals surface area contributed by atoms with Crippen LogP contribution in [-0.4, -0.2) is 40.4 Å². The Morgan fingerprint density at radius 3 is 2.41 bits per heavy atom. The summed E-state index contributed by atoms with van der Waals surface area (Å²) in [6, 6.07) is 16.8. The van der Waals surface area contributed by atoms with Gasteiger partial charge in [0, 0.05) is 35.3 Å². The molecule has 0 spiro atoms. The van der Waals surface area contributed by atoms with Gasteiger partial charge in [0.25, 0.3) is 0 Å². The number of ether oxygens (including phenoxy) is 1. The van der Waals surface area contributed by atoms with Crippen LogP contribution >= 0.6 is 0 Å². The van der Waals surface area contributed by atoms with Crippen molar-refractivity contribution in [1.29, 1.82) is 0 Å². The molecule has 8 heteroatoms. The maximum atomic E-state index is 12.4. The fourth-order valence-corrected chi connectivity index (χ4v) is 4.35. The van der Waals surface area contributed by atoms with E-state index in [9.17, 15) is 18.0 Å². The Hall–Kier alpha value is -3.23. The Morgan fingerprint density at radius 1 is 1.06 bits per heavy atom. The summed E-state index contributed by atoms with van der Waals surface area (Å²) in [5, 5.41) is 0.973. The van der Waals surface area contributed by atoms with Crippen LogP contribution in [0.4, 0.5) is 5.69 Å². The van der Waals surface area contributed by atoms with Gasteiger partial charge in [0.2, 0.25) is 10.0 Å². The van der Waals surface area contributed by atoms with Gasteiger partial charge in [0.1, 0.15) is 6.54 Å². The van der Waals surface area contributed by atoms with E-state index in [1.165, 1.54) is 12.2 Å². The lowest BCUT2D eigenvalue weighted by atomic mass is 9.83. The zero-order chi connectivity index (χ0) is 23.4. The number of anilines is 1. The number of allylic oxidation sites excluding steroid dienone is 1. The molecule has 0 fully saturated rings. The second-order valence-corrected chi connectivity index (χ2v) is 9.59. The topological polar surface area (TPSA) is 92.8 Å². The molecule has 7 nitrogen and oxygen atoms in total. The van der Waals surface area contributed by atoms with Crippen molar-refractivity contribution < 1.29 is 22.7 Å². The minimum Gasteiger partial charge on any atom is -0.456 e. The number of sulfonamides is 1. The molecule has 2 aromatic rings. The molecule has 0 amide bonds. The number of likely N-dealkylation sites (N-methyl/N-ethyl adjacent to an activating group) is 1. The molecule has 1 aliphatic rings. The quantitative estimate of drug-likeness (QED) is 0.487. The molecule has 2 aromatic carbocycles. The average molecular weight is 455 g/mol. The van der Waals surface area contributed by atoms with E-state index in [0.29, 0.717) is 5.56 Å². The summed E-state index contributed by atoms with van der Waals surface area (Å²) in [6.07, 6.45) is 2.89. The van der Waals surface area contributed by atoms with E-state index in [-0.39, 0.29) is 11.2 Å². The van der Waals surface area contributed by atoms with E-state index >= 15 is 0 Å². The number of carbonyl (C=O) groups is 2. The minimum atomic E-state index is -3.82. The third-order valence-corrected chi connectivity index (χ3v) is 6.31. The lowest BCUT2D eigenvalue weighted by Crippen LogP contribution is -2.30. The molecule has 32 heavy (non-hydrogen) atoms. The first-order valence-corrected chi connectivity index (χ1v) is 11.6. The van der Waals surface area contributed by atoms with E-state index < -0.39 is 29.1 Å². The maximum Gasteiger partial charge on any atom is 0.321 e.